The second-order valence-electron chi connectivity index (χ2n) is 4.15. The zero-order chi connectivity index (χ0) is 15.1. The predicted octanol–water partition coefficient (Wildman–Crippen LogP) is 1.71. The number of aromatic amines is 1. The monoisotopic (exact) mass is 352 g/mol. The molecule has 2 aromatic heterocycles. The van der Waals surface area contributed by atoms with E-state index in [0.29, 0.717) is 4.47 Å². The minimum Gasteiger partial charge on any atom is -0.478 e. The van der Waals surface area contributed by atoms with Gasteiger partial charge in [0, 0.05) is 10.7 Å². The third kappa shape index (κ3) is 2.31. The number of carboxylic acid groups (broad SMARTS) is 1. The molecule has 9 heteroatoms. The Balaban J connectivity index is 2.24. The SMILES string of the molecule is O=C(O)c1cnn(-c2nc3c(F)cc(Br)cc3c(=O)[nH]2)c1. The molecule has 3 aromatic rings. The lowest BCUT2D eigenvalue weighted by Gasteiger charge is -2.04. The van der Waals surface area contributed by atoms with E-state index in [1.807, 2.05) is 0 Å². The van der Waals surface area contributed by atoms with Crippen molar-refractivity contribution in [2.45, 2.75) is 0 Å². The number of rotatable bonds is 2. The van der Waals surface area contributed by atoms with Crippen LogP contribution in [0, 0.1) is 5.82 Å². The topological polar surface area (TPSA) is 101 Å². The average Bonchev–Trinajstić information content (AvgIpc) is 2.89. The first kappa shape index (κ1) is 13.4. The molecule has 106 valence electrons. The Labute approximate surface area is 124 Å². The molecular formula is C12H6BrFN4O3. The van der Waals surface area contributed by atoms with Crippen LogP contribution >= 0.6 is 15.9 Å². The number of nitrogens with zero attached hydrogens (tertiary/aromatic N) is 3. The van der Waals surface area contributed by atoms with Crippen LogP contribution in [0.3, 0.4) is 0 Å². The summed E-state index contributed by atoms with van der Waals surface area (Å²) >= 11 is 3.10. The molecule has 0 saturated carbocycles. The van der Waals surface area contributed by atoms with Gasteiger partial charge in [0.25, 0.3) is 5.56 Å². The number of H-pyrrole nitrogens is 1. The van der Waals surface area contributed by atoms with Crippen molar-refractivity contribution in [1.82, 2.24) is 19.7 Å². The molecule has 0 aliphatic carbocycles. The largest absolute Gasteiger partial charge is 0.478 e. The molecule has 21 heavy (non-hydrogen) atoms. The van der Waals surface area contributed by atoms with Gasteiger partial charge in [-0.25, -0.2) is 18.9 Å². The normalized spacial score (nSPS) is 11.0. The van der Waals surface area contributed by atoms with Gasteiger partial charge in [-0.05, 0) is 12.1 Å². The summed E-state index contributed by atoms with van der Waals surface area (Å²) in [6.07, 6.45) is 2.27. The predicted molar refractivity (Wildman–Crippen MR) is 74.1 cm³/mol. The van der Waals surface area contributed by atoms with Crippen molar-refractivity contribution in [3.05, 3.63) is 50.7 Å². The fraction of sp³-hybridized carbons (Fsp3) is 0. The van der Waals surface area contributed by atoms with Crippen molar-refractivity contribution in [3.63, 3.8) is 0 Å². The van der Waals surface area contributed by atoms with Gasteiger partial charge in [0.1, 0.15) is 5.52 Å². The molecule has 0 atom stereocenters. The average molecular weight is 353 g/mol. The van der Waals surface area contributed by atoms with Gasteiger partial charge >= 0.3 is 5.97 Å². The molecule has 0 unspecified atom stereocenters. The Morgan fingerprint density at radius 2 is 2.19 bits per heavy atom. The first-order chi connectivity index (χ1) is 9.95. The highest BCUT2D eigenvalue weighted by Crippen LogP contribution is 2.19. The minimum absolute atomic E-state index is 0.0683. The fourth-order valence-electron chi connectivity index (χ4n) is 1.81. The highest BCUT2D eigenvalue weighted by Gasteiger charge is 2.13. The second-order valence-corrected chi connectivity index (χ2v) is 5.07. The van der Waals surface area contributed by atoms with Crippen LogP contribution in [0.2, 0.25) is 0 Å². The molecule has 0 aliphatic heterocycles. The summed E-state index contributed by atoms with van der Waals surface area (Å²) in [4.78, 5) is 29.2. The molecule has 0 aliphatic rings. The Morgan fingerprint density at radius 3 is 2.86 bits per heavy atom. The van der Waals surface area contributed by atoms with E-state index in [1.165, 1.54) is 18.3 Å². The molecular weight excluding hydrogens is 347 g/mol. The molecule has 0 amide bonds. The van der Waals surface area contributed by atoms with E-state index in [-0.39, 0.29) is 22.4 Å². The lowest BCUT2D eigenvalue weighted by atomic mass is 10.2. The van der Waals surface area contributed by atoms with Crippen LogP contribution < -0.4 is 5.56 Å². The van der Waals surface area contributed by atoms with Crippen molar-refractivity contribution in [3.8, 4) is 5.95 Å². The summed E-state index contributed by atoms with van der Waals surface area (Å²) in [6, 6.07) is 2.63. The number of fused-ring (bicyclic) bond motifs is 1. The zero-order valence-electron chi connectivity index (χ0n) is 10.2. The summed E-state index contributed by atoms with van der Waals surface area (Å²) in [5, 5.41) is 12.7. The van der Waals surface area contributed by atoms with Crippen molar-refractivity contribution < 1.29 is 14.3 Å². The Bertz CT molecular complexity index is 934. The summed E-state index contributed by atoms with van der Waals surface area (Å²) in [5.41, 5.74) is -0.749. The minimum atomic E-state index is -1.17. The van der Waals surface area contributed by atoms with Gasteiger partial charge in [-0.2, -0.15) is 5.10 Å². The van der Waals surface area contributed by atoms with Gasteiger partial charge in [0.15, 0.2) is 5.82 Å². The lowest BCUT2D eigenvalue weighted by Crippen LogP contribution is -2.14. The fourth-order valence-corrected chi connectivity index (χ4v) is 2.24. The highest BCUT2D eigenvalue weighted by molar-refractivity contribution is 9.10. The number of halogens is 2. The van der Waals surface area contributed by atoms with Gasteiger partial charge in [0.2, 0.25) is 5.95 Å². The number of benzene rings is 1. The smallest absolute Gasteiger partial charge is 0.338 e. The molecule has 0 radical (unpaired) electrons. The van der Waals surface area contributed by atoms with E-state index >= 15 is 0 Å². The first-order valence-corrected chi connectivity index (χ1v) is 6.42. The van der Waals surface area contributed by atoms with Crippen molar-refractivity contribution in [2.24, 2.45) is 0 Å². The van der Waals surface area contributed by atoms with E-state index in [1.54, 1.807) is 0 Å². The molecule has 1 aromatic carbocycles. The maximum Gasteiger partial charge on any atom is 0.338 e. The third-order valence-electron chi connectivity index (χ3n) is 2.76. The second kappa shape index (κ2) is 4.77. The van der Waals surface area contributed by atoms with Gasteiger partial charge in [-0.1, -0.05) is 15.9 Å². The zero-order valence-corrected chi connectivity index (χ0v) is 11.8. The lowest BCUT2D eigenvalue weighted by molar-refractivity contribution is 0.0697. The number of hydrogen-bond donors (Lipinski definition) is 2. The van der Waals surface area contributed by atoms with E-state index < -0.39 is 17.3 Å². The van der Waals surface area contributed by atoms with Crippen LogP contribution in [0.15, 0.2) is 33.8 Å². The molecule has 2 N–H and O–H groups in total. The van der Waals surface area contributed by atoms with E-state index in [4.69, 9.17) is 5.11 Å². The molecule has 0 saturated heterocycles. The number of hydrogen-bond acceptors (Lipinski definition) is 4. The van der Waals surface area contributed by atoms with Crippen LogP contribution in [0.4, 0.5) is 4.39 Å². The quantitative estimate of drug-likeness (QED) is 0.731. The Morgan fingerprint density at radius 1 is 1.43 bits per heavy atom. The standard InChI is InChI=1S/C12H6BrFN4O3/c13-6-1-7-9(8(14)2-6)16-12(17-10(7)19)18-4-5(3-15-18)11(20)21/h1-4H,(H,20,21)(H,16,17,19). The van der Waals surface area contributed by atoms with Crippen molar-refractivity contribution in [2.75, 3.05) is 0 Å². The van der Waals surface area contributed by atoms with Crippen LogP contribution in [0.5, 0.6) is 0 Å². The van der Waals surface area contributed by atoms with Crippen LogP contribution in [-0.2, 0) is 0 Å². The first-order valence-electron chi connectivity index (χ1n) is 5.63. The van der Waals surface area contributed by atoms with E-state index in [0.717, 1.165) is 10.9 Å². The van der Waals surface area contributed by atoms with Crippen LogP contribution in [-0.4, -0.2) is 30.8 Å². The highest BCUT2D eigenvalue weighted by atomic mass is 79.9. The van der Waals surface area contributed by atoms with Crippen molar-refractivity contribution in [1.29, 1.82) is 0 Å². The molecule has 7 nitrogen and oxygen atoms in total. The van der Waals surface area contributed by atoms with Gasteiger partial charge in [-0.15, -0.1) is 0 Å². The van der Waals surface area contributed by atoms with Crippen LogP contribution in [0.1, 0.15) is 10.4 Å². The Hall–Kier alpha value is -2.55. The Kier molecular flexibility index (Phi) is 3.05. The number of carboxylic acids is 1. The third-order valence-corrected chi connectivity index (χ3v) is 3.22. The van der Waals surface area contributed by atoms with Crippen LogP contribution in [0.25, 0.3) is 16.9 Å². The molecule has 3 rings (SSSR count). The molecule has 2 heterocycles. The number of nitrogens with one attached hydrogen (secondary N) is 1. The molecule has 0 fully saturated rings. The van der Waals surface area contributed by atoms with Gasteiger partial charge in [-0.3, -0.25) is 9.78 Å². The molecule has 0 spiro atoms. The van der Waals surface area contributed by atoms with Gasteiger partial charge in [0.05, 0.1) is 17.1 Å². The summed E-state index contributed by atoms with van der Waals surface area (Å²) < 4.78 is 15.4. The van der Waals surface area contributed by atoms with E-state index in [2.05, 4.69) is 31.0 Å². The number of carbonyl (C=O) groups is 1. The van der Waals surface area contributed by atoms with Gasteiger partial charge < -0.3 is 5.11 Å². The summed E-state index contributed by atoms with van der Waals surface area (Å²) in [6.45, 7) is 0. The van der Waals surface area contributed by atoms with Crippen molar-refractivity contribution >= 4 is 32.8 Å². The van der Waals surface area contributed by atoms with E-state index in [9.17, 15) is 14.0 Å². The molecule has 0 bridgehead atoms. The maximum atomic E-state index is 13.9. The number of aromatic carboxylic acids is 1. The summed E-state index contributed by atoms with van der Waals surface area (Å²) in [5.74, 6) is -1.90. The summed E-state index contributed by atoms with van der Waals surface area (Å²) in [7, 11) is 0. The number of aromatic nitrogens is 4. The maximum absolute atomic E-state index is 13.9.